The van der Waals surface area contributed by atoms with Crippen molar-refractivity contribution in [1.29, 1.82) is 0 Å². The molecule has 0 saturated carbocycles. The van der Waals surface area contributed by atoms with E-state index in [1.807, 2.05) is 0 Å². The van der Waals surface area contributed by atoms with Crippen molar-refractivity contribution >= 4 is 5.97 Å². The number of rotatable bonds is 3. The number of hydrogen-bond acceptors (Lipinski definition) is 5. The molecule has 8 nitrogen and oxygen atoms in total. The van der Waals surface area contributed by atoms with Crippen molar-refractivity contribution in [2.24, 2.45) is 0 Å². The fraction of sp³-hybridized carbons (Fsp3) is 0.222. The number of carbonyl (C=O) groups is 1. The standard InChI is InChI=1S/C9H9N5O3/c1-4-5(2-6(15)16)9(17)13-8(12-4)7-10-3-11-14-7/h3H,2H2,1H3,(H,15,16)(H,10,11,14)(H,12,13,17). The van der Waals surface area contributed by atoms with Crippen LogP contribution < -0.4 is 5.56 Å². The van der Waals surface area contributed by atoms with E-state index in [1.165, 1.54) is 6.33 Å². The molecule has 0 radical (unpaired) electrons. The van der Waals surface area contributed by atoms with E-state index >= 15 is 0 Å². The van der Waals surface area contributed by atoms with Gasteiger partial charge in [-0.05, 0) is 6.92 Å². The number of aromatic amines is 2. The third-order valence-corrected chi connectivity index (χ3v) is 2.19. The fourth-order valence-corrected chi connectivity index (χ4v) is 1.40. The lowest BCUT2D eigenvalue weighted by atomic mass is 10.2. The Labute approximate surface area is 94.8 Å². The molecule has 0 amide bonds. The van der Waals surface area contributed by atoms with Crippen LogP contribution in [0.3, 0.4) is 0 Å². The highest BCUT2D eigenvalue weighted by molar-refractivity contribution is 5.70. The van der Waals surface area contributed by atoms with Gasteiger partial charge in [-0.2, -0.15) is 5.10 Å². The van der Waals surface area contributed by atoms with Crippen molar-refractivity contribution in [2.75, 3.05) is 0 Å². The van der Waals surface area contributed by atoms with E-state index in [1.54, 1.807) is 6.92 Å². The lowest BCUT2D eigenvalue weighted by molar-refractivity contribution is -0.136. The van der Waals surface area contributed by atoms with E-state index in [-0.39, 0.29) is 17.8 Å². The van der Waals surface area contributed by atoms with Gasteiger partial charge in [0.2, 0.25) is 0 Å². The SMILES string of the molecule is Cc1nc(-c2ncn[nH]2)[nH]c(=O)c1CC(=O)O. The molecule has 2 aromatic rings. The smallest absolute Gasteiger partial charge is 0.308 e. The molecule has 88 valence electrons. The summed E-state index contributed by atoms with van der Waals surface area (Å²) in [5.41, 5.74) is 0.0228. The van der Waals surface area contributed by atoms with E-state index in [4.69, 9.17) is 5.11 Å². The van der Waals surface area contributed by atoms with Crippen LogP contribution in [0.4, 0.5) is 0 Å². The number of nitrogens with zero attached hydrogens (tertiary/aromatic N) is 3. The summed E-state index contributed by atoms with van der Waals surface area (Å²) < 4.78 is 0. The second-order valence-electron chi connectivity index (χ2n) is 3.38. The first-order valence-electron chi connectivity index (χ1n) is 4.75. The van der Waals surface area contributed by atoms with Crippen molar-refractivity contribution in [3.8, 4) is 11.6 Å². The molecule has 0 atom stereocenters. The summed E-state index contributed by atoms with van der Waals surface area (Å²) in [7, 11) is 0. The molecular formula is C9H9N5O3. The third-order valence-electron chi connectivity index (χ3n) is 2.19. The summed E-state index contributed by atoms with van der Waals surface area (Å²) in [6, 6.07) is 0. The average molecular weight is 235 g/mol. The van der Waals surface area contributed by atoms with Gasteiger partial charge in [0, 0.05) is 11.3 Å². The fourth-order valence-electron chi connectivity index (χ4n) is 1.40. The van der Waals surface area contributed by atoms with Crippen molar-refractivity contribution in [3.05, 3.63) is 27.9 Å². The Morgan fingerprint density at radius 2 is 2.24 bits per heavy atom. The summed E-state index contributed by atoms with van der Waals surface area (Å²) in [6.07, 6.45) is 0.931. The van der Waals surface area contributed by atoms with Crippen LogP contribution in [-0.4, -0.2) is 36.2 Å². The van der Waals surface area contributed by atoms with Gasteiger partial charge in [0.15, 0.2) is 11.6 Å². The molecule has 0 bridgehead atoms. The number of carboxylic acids is 1. The quantitative estimate of drug-likeness (QED) is 0.658. The number of carboxylic acid groups (broad SMARTS) is 1. The van der Waals surface area contributed by atoms with E-state index in [9.17, 15) is 9.59 Å². The minimum Gasteiger partial charge on any atom is -0.481 e. The maximum atomic E-state index is 11.7. The minimum atomic E-state index is -1.08. The Hall–Kier alpha value is -2.51. The molecule has 0 aliphatic carbocycles. The lowest BCUT2D eigenvalue weighted by Gasteiger charge is -2.03. The molecule has 17 heavy (non-hydrogen) atoms. The number of nitrogens with one attached hydrogen (secondary N) is 2. The van der Waals surface area contributed by atoms with Gasteiger partial charge >= 0.3 is 5.97 Å². The van der Waals surface area contributed by atoms with Gasteiger partial charge in [0.25, 0.3) is 5.56 Å². The third kappa shape index (κ3) is 2.19. The van der Waals surface area contributed by atoms with Gasteiger partial charge < -0.3 is 10.1 Å². The highest BCUT2D eigenvalue weighted by Crippen LogP contribution is 2.08. The van der Waals surface area contributed by atoms with Gasteiger partial charge in [0.1, 0.15) is 6.33 Å². The topological polar surface area (TPSA) is 125 Å². The second kappa shape index (κ2) is 4.16. The maximum Gasteiger partial charge on any atom is 0.308 e. The van der Waals surface area contributed by atoms with Crippen molar-refractivity contribution < 1.29 is 9.90 Å². The van der Waals surface area contributed by atoms with Gasteiger partial charge in [0.05, 0.1) is 6.42 Å². The van der Waals surface area contributed by atoms with E-state index in [0.29, 0.717) is 11.5 Å². The van der Waals surface area contributed by atoms with Crippen LogP contribution in [0.15, 0.2) is 11.1 Å². The summed E-state index contributed by atoms with van der Waals surface area (Å²) in [6.45, 7) is 1.58. The highest BCUT2D eigenvalue weighted by atomic mass is 16.4. The van der Waals surface area contributed by atoms with Crippen LogP contribution in [0, 0.1) is 6.92 Å². The number of aryl methyl sites for hydroxylation is 1. The molecule has 0 spiro atoms. The molecule has 2 heterocycles. The summed E-state index contributed by atoms with van der Waals surface area (Å²) in [5.74, 6) is -0.515. The summed E-state index contributed by atoms with van der Waals surface area (Å²) in [5, 5.41) is 14.9. The van der Waals surface area contributed by atoms with Gasteiger partial charge in [-0.25, -0.2) is 9.97 Å². The molecule has 0 aliphatic heterocycles. The van der Waals surface area contributed by atoms with Crippen LogP contribution in [-0.2, 0) is 11.2 Å². The van der Waals surface area contributed by atoms with Gasteiger partial charge in [-0.1, -0.05) is 0 Å². The first-order valence-corrected chi connectivity index (χ1v) is 4.75. The zero-order valence-electron chi connectivity index (χ0n) is 8.89. The summed E-state index contributed by atoms with van der Waals surface area (Å²) >= 11 is 0. The molecule has 3 N–H and O–H groups in total. The van der Waals surface area contributed by atoms with Crippen LogP contribution in [0.25, 0.3) is 11.6 Å². The number of aliphatic carboxylic acids is 1. The van der Waals surface area contributed by atoms with Crippen LogP contribution >= 0.6 is 0 Å². The second-order valence-corrected chi connectivity index (χ2v) is 3.38. The number of hydrogen-bond donors (Lipinski definition) is 3. The minimum absolute atomic E-state index is 0.140. The first kappa shape index (κ1) is 11.0. The van der Waals surface area contributed by atoms with Crippen LogP contribution in [0.5, 0.6) is 0 Å². The Bertz CT molecular complexity index is 602. The van der Waals surface area contributed by atoms with Crippen LogP contribution in [0.1, 0.15) is 11.3 Å². The van der Waals surface area contributed by atoms with Crippen molar-refractivity contribution in [1.82, 2.24) is 25.1 Å². The first-order chi connectivity index (χ1) is 8.08. The van der Waals surface area contributed by atoms with Crippen molar-refractivity contribution in [3.63, 3.8) is 0 Å². The normalized spacial score (nSPS) is 10.4. The maximum absolute atomic E-state index is 11.7. The molecule has 8 heteroatoms. The molecule has 0 fully saturated rings. The monoisotopic (exact) mass is 235 g/mol. The highest BCUT2D eigenvalue weighted by Gasteiger charge is 2.13. The Balaban J connectivity index is 2.49. The van der Waals surface area contributed by atoms with Crippen LogP contribution in [0.2, 0.25) is 0 Å². The zero-order chi connectivity index (χ0) is 12.4. The largest absolute Gasteiger partial charge is 0.481 e. The Kier molecular flexibility index (Phi) is 2.69. The number of H-pyrrole nitrogens is 2. The molecule has 0 aliphatic rings. The van der Waals surface area contributed by atoms with Gasteiger partial charge in [-0.15, -0.1) is 0 Å². The molecule has 2 aromatic heterocycles. The van der Waals surface area contributed by atoms with E-state index < -0.39 is 11.5 Å². The van der Waals surface area contributed by atoms with Crippen molar-refractivity contribution in [2.45, 2.75) is 13.3 Å². The summed E-state index contributed by atoms with van der Waals surface area (Å²) in [4.78, 5) is 32.6. The van der Waals surface area contributed by atoms with E-state index in [0.717, 1.165) is 0 Å². The molecule has 0 unspecified atom stereocenters. The Morgan fingerprint density at radius 1 is 1.47 bits per heavy atom. The predicted molar refractivity (Wildman–Crippen MR) is 56.3 cm³/mol. The number of aromatic nitrogens is 5. The Morgan fingerprint density at radius 3 is 2.76 bits per heavy atom. The predicted octanol–water partition coefficient (Wildman–Crippen LogP) is -0.509. The average Bonchev–Trinajstić information content (AvgIpc) is 2.76. The van der Waals surface area contributed by atoms with Gasteiger partial charge in [-0.3, -0.25) is 14.7 Å². The molecule has 2 rings (SSSR count). The van der Waals surface area contributed by atoms with E-state index in [2.05, 4.69) is 25.1 Å². The molecule has 0 aromatic carbocycles. The molecular weight excluding hydrogens is 226 g/mol. The zero-order valence-corrected chi connectivity index (χ0v) is 8.89. The lowest BCUT2D eigenvalue weighted by Crippen LogP contribution is -2.20. The molecule has 0 saturated heterocycles.